The Balaban J connectivity index is 2.01. The number of nitrogens with one attached hydrogen (secondary N) is 2. The third-order valence-electron chi connectivity index (χ3n) is 3.91. The average Bonchev–Trinajstić information content (AvgIpc) is 2.40. The topological polar surface area (TPSA) is 70.6 Å². The summed E-state index contributed by atoms with van der Waals surface area (Å²) in [5, 5.41) is 16.6. The van der Waals surface area contributed by atoms with Gasteiger partial charge in [0.05, 0.1) is 5.60 Å². The minimum atomic E-state index is -0.676. The van der Waals surface area contributed by atoms with Gasteiger partial charge in [-0.2, -0.15) is 0 Å². The highest BCUT2D eigenvalue weighted by atomic mass is 16.6. The molecule has 1 unspecified atom stereocenters. The van der Waals surface area contributed by atoms with Crippen LogP contribution in [0.2, 0.25) is 0 Å². The van der Waals surface area contributed by atoms with E-state index in [1.165, 1.54) is 0 Å². The van der Waals surface area contributed by atoms with Gasteiger partial charge in [-0.3, -0.25) is 5.32 Å². The van der Waals surface area contributed by atoms with Crippen LogP contribution >= 0.6 is 0 Å². The van der Waals surface area contributed by atoms with E-state index in [0.717, 1.165) is 36.2 Å². The van der Waals surface area contributed by atoms with Crippen molar-refractivity contribution in [2.45, 2.75) is 58.2 Å². The molecule has 2 rings (SSSR count). The zero-order chi connectivity index (χ0) is 17.1. The predicted molar refractivity (Wildman–Crippen MR) is 91.8 cm³/mol. The summed E-state index contributed by atoms with van der Waals surface area (Å²) < 4.78 is 5.27. The lowest BCUT2D eigenvalue weighted by atomic mass is 9.87. The summed E-state index contributed by atoms with van der Waals surface area (Å²) >= 11 is 0. The van der Waals surface area contributed by atoms with Crippen LogP contribution in [0.25, 0.3) is 0 Å². The summed E-state index contributed by atoms with van der Waals surface area (Å²) in [5.74, 6) is 0. The summed E-state index contributed by atoms with van der Waals surface area (Å²) in [6.07, 6.45) is 1.97. The summed E-state index contributed by atoms with van der Waals surface area (Å²) in [4.78, 5) is 11.9. The number of amides is 1. The lowest BCUT2D eigenvalue weighted by Gasteiger charge is -2.33. The van der Waals surface area contributed by atoms with Gasteiger partial charge in [0.15, 0.2) is 0 Å². The van der Waals surface area contributed by atoms with Gasteiger partial charge in [0, 0.05) is 18.7 Å². The number of carbonyl (C=O) groups excluding carboxylic acids is 1. The predicted octanol–water partition coefficient (Wildman–Crippen LogP) is 3.00. The van der Waals surface area contributed by atoms with Crippen molar-refractivity contribution in [1.82, 2.24) is 5.32 Å². The maximum Gasteiger partial charge on any atom is 0.412 e. The third-order valence-corrected chi connectivity index (χ3v) is 3.91. The summed E-state index contributed by atoms with van der Waals surface area (Å²) in [6.45, 7) is 9.05. The van der Waals surface area contributed by atoms with Crippen molar-refractivity contribution in [1.29, 1.82) is 0 Å². The van der Waals surface area contributed by atoms with Crippen LogP contribution in [-0.4, -0.2) is 35.5 Å². The largest absolute Gasteiger partial charge is 0.444 e. The molecule has 0 aliphatic carbocycles. The van der Waals surface area contributed by atoms with E-state index in [-0.39, 0.29) is 0 Å². The second-order valence-electron chi connectivity index (χ2n) is 7.46. The van der Waals surface area contributed by atoms with E-state index in [9.17, 15) is 9.90 Å². The summed E-state index contributed by atoms with van der Waals surface area (Å²) in [7, 11) is 0. The van der Waals surface area contributed by atoms with Gasteiger partial charge in [-0.25, -0.2) is 4.79 Å². The van der Waals surface area contributed by atoms with Gasteiger partial charge in [-0.15, -0.1) is 0 Å². The number of piperidine rings is 1. The van der Waals surface area contributed by atoms with Gasteiger partial charge >= 0.3 is 6.09 Å². The smallest absolute Gasteiger partial charge is 0.412 e. The molecule has 1 aromatic carbocycles. The van der Waals surface area contributed by atoms with Gasteiger partial charge in [0.25, 0.3) is 0 Å². The zero-order valence-electron chi connectivity index (χ0n) is 14.5. The first-order valence-corrected chi connectivity index (χ1v) is 8.20. The first-order chi connectivity index (χ1) is 10.7. The first kappa shape index (κ1) is 17.8. The number of rotatable bonds is 3. The number of carbonyl (C=O) groups is 1. The normalized spacial score (nSPS) is 21.8. The number of benzene rings is 1. The lowest BCUT2D eigenvalue weighted by Crippen LogP contribution is -2.47. The van der Waals surface area contributed by atoms with Gasteiger partial charge in [0.1, 0.15) is 5.60 Å². The highest BCUT2D eigenvalue weighted by molar-refractivity contribution is 5.85. The van der Waals surface area contributed by atoms with Crippen molar-refractivity contribution >= 4 is 11.8 Å². The van der Waals surface area contributed by atoms with Crippen LogP contribution in [0.4, 0.5) is 10.5 Å². The minimum Gasteiger partial charge on any atom is -0.444 e. The Hall–Kier alpha value is -1.59. The fraction of sp³-hybridized carbons (Fsp3) is 0.611. The number of anilines is 1. The molecule has 1 aliphatic heterocycles. The van der Waals surface area contributed by atoms with Crippen LogP contribution < -0.4 is 10.6 Å². The fourth-order valence-electron chi connectivity index (χ4n) is 2.87. The van der Waals surface area contributed by atoms with Gasteiger partial charge < -0.3 is 15.2 Å². The van der Waals surface area contributed by atoms with E-state index in [4.69, 9.17) is 4.74 Å². The Morgan fingerprint density at radius 1 is 1.43 bits per heavy atom. The molecule has 5 heteroatoms. The second-order valence-corrected chi connectivity index (χ2v) is 7.46. The number of hydrogen-bond donors (Lipinski definition) is 3. The van der Waals surface area contributed by atoms with Gasteiger partial charge in [-0.05, 0) is 64.3 Å². The molecule has 0 bridgehead atoms. The molecule has 1 aromatic rings. The quantitative estimate of drug-likeness (QED) is 0.801. The van der Waals surface area contributed by atoms with E-state index in [0.29, 0.717) is 13.0 Å². The fourth-order valence-corrected chi connectivity index (χ4v) is 2.87. The Kier molecular flexibility index (Phi) is 5.32. The Labute approximate surface area is 138 Å². The maximum absolute atomic E-state index is 11.9. The van der Waals surface area contributed by atoms with Crippen LogP contribution in [-0.2, 0) is 11.2 Å². The molecular formula is C18H28N2O3. The first-order valence-electron chi connectivity index (χ1n) is 8.20. The van der Waals surface area contributed by atoms with E-state index in [1.54, 1.807) is 0 Å². The number of aliphatic hydroxyl groups is 1. The Morgan fingerprint density at radius 2 is 2.17 bits per heavy atom. The number of aryl methyl sites for hydroxylation is 1. The van der Waals surface area contributed by atoms with Crippen LogP contribution in [0.1, 0.15) is 44.7 Å². The Bertz CT molecular complexity index is 558. The van der Waals surface area contributed by atoms with Crippen LogP contribution in [0.15, 0.2) is 18.2 Å². The SMILES string of the molecule is Cc1cc(CC2(O)CCCNC2)ccc1NC(=O)OC(C)(C)C. The van der Waals surface area contributed by atoms with Crippen molar-refractivity contribution < 1.29 is 14.6 Å². The number of ether oxygens (including phenoxy) is 1. The molecule has 23 heavy (non-hydrogen) atoms. The number of hydrogen-bond acceptors (Lipinski definition) is 4. The van der Waals surface area contributed by atoms with E-state index < -0.39 is 17.3 Å². The molecule has 0 aromatic heterocycles. The minimum absolute atomic E-state index is 0.455. The van der Waals surface area contributed by atoms with Crippen molar-refractivity contribution in [2.24, 2.45) is 0 Å². The van der Waals surface area contributed by atoms with E-state index in [1.807, 2.05) is 45.9 Å². The van der Waals surface area contributed by atoms with Crippen molar-refractivity contribution in [3.05, 3.63) is 29.3 Å². The average molecular weight is 320 g/mol. The molecule has 0 saturated carbocycles. The molecule has 3 N–H and O–H groups in total. The van der Waals surface area contributed by atoms with E-state index >= 15 is 0 Å². The Morgan fingerprint density at radius 3 is 2.74 bits per heavy atom. The highest BCUT2D eigenvalue weighted by Gasteiger charge is 2.29. The molecule has 1 saturated heterocycles. The molecular weight excluding hydrogens is 292 g/mol. The van der Waals surface area contributed by atoms with Crippen molar-refractivity contribution in [3.63, 3.8) is 0 Å². The number of β-amino-alcohol motifs (C(OH)–C–C–N with tert-alkyl or cyclic N) is 1. The molecule has 1 aliphatic rings. The maximum atomic E-state index is 11.9. The zero-order valence-corrected chi connectivity index (χ0v) is 14.5. The molecule has 0 radical (unpaired) electrons. The molecule has 5 nitrogen and oxygen atoms in total. The van der Waals surface area contributed by atoms with Gasteiger partial charge in [0.2, 0.25) is 0 Å². The lowest BCUT2D eigenvalue weighted by molar-refractivity contribution is 0.0169. The molecule has 1 atom stereocenters. The van der Waals surface area contributed by atoms with Crippen LogP contribution in [0.3, 0.4) is 0 Å². The van der Waals surface area contributed by atoms with Crippen LogP contribution in [0, 0.1) is 6.92 Å². The van der Waals surface area contributed by atoms with E-state index in [2.05, 4.69) is 10.6 Å². The highest BCUT2D eigenvalue weighted by Crippen LogP contribution is 2.24. The molecule has 128 valence electrons. The van der Waals surface area contributed by atoms with Crippen LogP contribution in [0.5, 0.6) is 0 Å². The summed E-state index contributed by atoms with van der Waals surface area (Å²) in [6, 6.07) is 5.83. The van der Waals surface area contributed by atoms with Gasteiger partial charge in [-0.1, -0.05) is 12.1 Å². The standard InChI is InChI=1S/C18H28N2O3/c1-13-10-14(11-18(22)8-5-9-19-12-18)6-7-15(13)20-16(21)23-17(2,3)4/h6-7,10,19,22H,5,8-9,11-12H2,1-4H3,(H,20,21). The monoisotopic (exact) mass is 320 g/mol. The third kappa shape index (κ3) is 5.52. The van der Waals surface area contributed by atoms with Crippen molar-refractivity contribution in [2.75, 3.05) is 18.4 Å². The van der Waals surface area contributed by atoms with Crippen molar-refractivity contribution in [3.8, 4) is 0 Å². The second kappa shape index (κ2) is 6.89. The molecule has 1 amide bonds. The molecule has 1 fully saturated rings. The molecule has 1 heterocycles. The molecule has 0 spiro atoms. The summed E-state index contributed by atoms with van der Waals surface area (Å²) in [5.41, 5.74) is 1.57.